The molecule has 94 valence electrons. The molecule has 1 aliphatic heterocycles. The van der Waals surface area contributed by atoms with Gasteiger partial charge in [-0.1, -0.05) is 12.2 Å². The predicted octanol–water partition coefficient (Wildman–Crippen LogP) is 1.78. The summed E-state index contributed by atoms with van der Waals surface area (Å²) in [4.78, 5) is 7.48. The SMILES string of the molecule is OCCCNc1cc(=S)nc(C2CCCO2)[nH]1. The van der Waals surface area contributed by atoms with E-state index >= 15 is 0 Å². The van der Waals surface area contributed by atoms with Gasteiger partial charge in [0.05, 0.1) is 0 Å². The number of aliphatic hydroxyl groups is 1. The third-order valence-corrected chi connectivity index (χ3v) is 2.86. The smallest absolute Gasteiger partial charge is 0.138 e. The number of anilines is 1. The van der Waals surface area contributed by atoms with Gasteiger partial charge < -0.3 is 20.1 Å². The maximum atomic E-state index is 8.72. The van der Waals surface area contributed by atoms with Crippen molar-refractivity contribution in [2.24, 2.45) is 0 Å². The molecule has 6 heteroatoms. The summed E-state index contributed by atoms with van der Waals surface area (Å²) in [6, 6.07) is 1.78. The van der Waals surface area contributed by atoms with Gasteiger partial charge in [0.15, 0.2) is 0 Å². The summed E-state index contributed by atoms with van der Waals surface area (Å²) in [6.07, 6.45) is 2.79. The van der Waals surface area contributed by atoms with E-state index < -0.39 is 0 Å². The molecule has 0 aliphatic carbocycles. The van der Waals surface area contributed by atoms with Crippen LogP contribution in [0.1, 0.15) is 31.2 Å². The zero-order valence-corrected chi connectivity index (χ0v) is 10.4. The fourth-order valence-corrected chi connectivity index (χ4v) is 2.04. The van der Waals surface area contributed by atoms with Crippen molar-refractivity contribution in [3.05, 3.63) is 16.5 Å². The van der Waals surface area contributed by atoms with Crippen LogP contribution in [0.15, 0.2) is 6.07 Å². The molecule has 5 nitrogen and oxygen atoms in total. The summed E-state index contributed by atoms with van der Waals surface area (Å²) in [6.45, 7) is 1.67. The van der Waals surface area contributed by atoms with Crippen molar-refractivity contribution >= 4 is 18.0 Å². The van der Waals surface area contributed by atoms with Gasteiger partial charge in [-0.15, -0.1) is 0 Å². The summed E-state index contributed by atoms with van der Waals surface area (Å²) in [7, 11) is 0. The van der Waals surface area contributed by atoms with E-state index in [1.54, 1.807) is 6.07 Å². The summed E-state index contributed by atoms with van der Waals surface area (Å²) >= 11 is 5.13. The largest absolute Gasteiger partial charge is 0.396 e. The van der Waals surface area contributed by atoms with Gasteiger partial charge in [-0.3, -0.25) is 0 Å². The monoisotopic (exact) mass is 255 g/mol. The Morgan fingerprint density at radius 2 is 2.53 bits per heavy atom. The molecule has 1 aromatic heterocycles. The summed E-state index contributed by atoms with van der Waals surface area (Å²) in [5.74, 6) is 1.63. The minimum atomic E-state index is 0.0382. The van der Waals surface area contributed by atoms with Gasteiger partial charge in [-0.2, -0.15) is 0 Å². The van der Waals surface area contributed by atoms with Gasteiger partial charge in [0.2, 0.25) is 0 Å². The maximum absolute atomic E-state index is 8.72. The first-order chi connectivity index (χ1) is 8.29. The molecule has 1 aromatic rings. The lowest BCUT2D eigenvalue weighted by molar-refractivity contribution is 0.105. The molecule has 0 bridgehead atoms. The predicted molar refractivity (Wildman–Crippen MR) is 67.5 cm³/mol. The number of nitrogens with zero attached hydrogens (tertiary/aromatic N) is 1. The van der Waals surface area contributed by atoms with Gasteiger partial charge in [-0.05, 0) is 19.3 Å². The van der Waals surface area contributed by atoms with E-state index in [1.807, 2.05) is 0 Å². The number of aromatic nitrogens is 2. The number of ether oxygens (including phenoxy) is 1. The number of aromatic amines is 1. The standard InChI is InChI=1S/C11H17N3O2S/c15-5-2-4-12-9-7-10(17)14-11(13-9)8-3-1-6-16-8/h7-8,15H,1-6H2,(H2,12,13,14,17). The quantitative estimate of drug-likeness (QED) is 0.553. The fourth-order valence-electron chi connectivity index (χ4n) is 1.82. The average Bonchev–Trinajstić information content (AvgIpc) is 2.82. The van der Waals surface area contributed by atoms with E-state index in [0.29, 0.717) is 17.6 Å². The lowest BCUT2D eigenvalue weighted by Crippen LogP contribution is -2.09. The van der Waals surface area contributed by atoms with Gasteiger partial charge in [0.1, 0.15) is 22.4 Å². The van der Waals surface area contributed by atoms with Gasteiger partial charge in [0, 0.05) is 25.8 Å². The van der Waals surface area contributed by atoms with Crippen LogP contribution >= 0.6 is 12.2 Å². The Labute approximate surface area is 105 Å². The number of aliphatic hydroxyl groups excluding tert-OH is 1. The van der Waals surface area contributed by atoms with E-state index in [1.165, 1.54) is 0 Å². The molecular formula is C11H17N3O2S. The van der Waals surface area contributed by atoms with Crippen LogP contribution in [0, 0.1) is 4.64 Å². The Bertz CT molecular complexity index is 415. The molecule has 1 fully saturated rings. The van der Waals surface area contributed by atoms with Crippen molar-refractivity contribution in [3.8, 4) is 0 Å². The van der Waals surface area contributed by atoms with Crippen molar-refractivity contribution in [1.82, 2.24) is 9.97 Å². The van der Waals surface area contributed by atoms with Gasteiger partial charge >= 0.3 is 0 Å². The third kappa shape index (κ3) is 3.49. The van der Waals surface area contributed by atoms with Crippen molar-refractivity contribution in [2.45, 2.75) is 25.4 Å². The molecule has 2 heterocycles. The van der Waals surface area contributed by atoms with Crippen molar-refractivity contribution in [2.75, 3.05) is 25.1 Å². The first-order valence-electron chi connectivity index (χ1n) is 5.87. The molecule has 3 N–H and O–H groups in total. The highest BCUT2D eigenvalue weighted by molar-refractivity contribution is 7.71. The van der Waals surface area contributed by atoms with Crippen LogP contribution in [0.2, 0.25) is 0 Å². The molecule has 1 unspecified atom stereocenters. The van der Waals surface area contributed by atoms with Crippen molar-refractivity contribution in [1.29, 1.82) is 0 Å². The zero-order valence-electron chi connectivity index (χ0n) is 9.61. The topological polar surface area (TPSA) is 70.2 Å². The molecule has 1 aliphatic rings. The fraction of sp³-hybridized carbons (Fsp3) is 0.636. The Morgan fingerprint density at radius 3 is 3.24 bits per heavy atom. The third-order valence-electron chi connectivity index (χ3n) is 2.65. The Balaban J connectivity index is 2.08. The highest BCUT2D eigenvalue weighted by atomic mass is 32.1. The van der Waals surface area contributed by atoms with Crippen LogP contribution in [0.25, 0.3) is 0 Å². The van der Waals surface area contributed by atoms with Crippen molar-refractivity contribution in [3.63, 3.8) is 0 Å². The second-order valence-corrected chi connectivity index (χ2v) is 4.44. The van der Waals surface area contributed by atoms with Crippen LogP contribution in [0.5, 0.6) is 0 Å². The second-order valence-electron chi connectivity index (χ2n) is 4.02. The number of hydrogen-bond donors (Lipinski definition) is 3. The Morgan fingerprint density at radius 1 is 1.65 bits per heavy atom. The molecule has 0 spiro atoms. The molecule has 0 radical (unpaired) electrons. The highest BCUT2D eigenvalue weighted by Gasteiger charge is 2.19. The number of hydrogen-bond acceptors (Lipinski definition) is 5. The second kappa shape index (κ2) is 6.09. The van der Waals surface area contributed by atoms with Crippen molar-refractivity contribution < 1.29 is 9.84 Å². The molecule has 1 saturated heterocycles. The summed E-state index contributed by atoms with van der Waals surface area (Å²) in [5.41, 5.74) is 0. The number of H-pyrrole nitrogens is 1. The Kier molecular flexibility index (Phi) is 4.47. The highest BCUT2D eigenvalue weighted by Crippen LogP contribution is 2.26. The molecule has 17 heavy (non-hydrogen) atoms. The zero-order chi connectivity index (χ0) is 12.1. The van der Waals surface area contributed by atoms with Crippen LogP contribution in [-0.2, 0) is 4.74 Å². The minimum absolute atomic E-state index is 0.0382. The first-order valence-corrected chi connectivity index (χ1v) is 6.28. The molecule has 0 amide bonds. The first kappa shape index (κ1) is 12.5. The summed E-state index contributed by atoms with van der Waals surface area (Å²) < 4.78 is 6.12. The molecule has 2 rings (SSSR count). The van der Waals surface area contributed by atoms with E-state index in [0.717, 1.165) is 31.1 Å². The lowest BCUT2D eigenvalue weighted by atomic mass is 10.2. The summed E-state index contributed by atoms with van der Waals surface area (Å²) in [5, 5.41) is 11.9. The maximum Gasteiger partial charge on any atom is 0.138 e. The Hall–Kier alpha value is -0.980. The van der Waals surface area contributed by atoms with Crippen LogP contribution < -0.4 is 5.32 Å². The lowest BCUT2D eigenvalue weighted by Gasteiger charge is -2.12. The molecule has 1 atom stereocenters. The van der Waals surface area contributed by atoms with E-state index in [2.05, 4.69) is 15.3 Å². The normalized spacial score (nSPS) is 19.5. The van der Waals surface area contributed by atoms with E-state index in [9.17, 15) is 0 Å². The number of nitrogens with one attached hydrogen (secondary N) is 2. The minimum Gasteiger partial charge on any atom is -0.396 e. The van der Waals surface area contributed by atoms with Crippen LogP contribution in [-0.4, -0.2) is 34.8 Å². The van der Waals surface area contributed by atoms with Gasteiger partial charge in [0.25, 0.3) is 0 Å². The van der Waals surface area contributed by atoms with Crippen LogP contribution in [0.3, 0.4) is 0 Å². The molecule has 0 saturated carbocycles. The molecule has 0 aromatic carbocycles. The van der Waals surface area contributed by atoms with E-state index in [-0.39, 0.29) is 12.7 Å². The van der Waals surface area contributed by atoms with Crippen LogP contribution in [0.4, 0.5) is 5.82 Å². The number of rotatable bonds is 5. The van der Waals surface area contributed by atoms with Gasteiger partial charge in [-0.25, -0.2) is 4.98 Å². The van der Waals surface area contributed by atoms with E-state index in [4.69, 9.17) is 22.1 Å². The average molecular weight is 255 g/mol. The molecular weight excluding hydrogens is 238 g/mol.